The number of carbonyl (C=O) groups is 1. The zero-order valence-electron chi connectivity index (χ0n) is 17.5. The van der Waals surface area contributed by atoms with Gasteiger partial charge in [-0.1, -0.05) is 17.7 Å². The van der Waals surface area contributed by atoms with Gasteiger partial charge in [-0.25, -0.2) is 9.36 Å². The van der Waals surface area contributed by atoms with Gasteiger partial charge in [0.2, 0.25) is 5.91 Å². The number of ether oxygens (including phenoxy) is 1. The number of aromatic nitrogens is 2. The predicted octanol–water partition coefficient (Wildman–Crippen LogP) is 1.18. The average molecular weight is 415 g/mol. The zero-order valence-corrected chi connectivity index (χ0v) is 17.5. The quantitative estimate of drug-likeness (QED) is 0.702. The second kappa shape index (κ2) is 9.62. The summed E-state index contributed by atoms with van der Waals surface area (Å²) in [4.78, 5) is 40.7. The molecule has 1 amide bonds. The SMILES string of the molecule is COCCn1c(N)c(N2CCCCC2)c(=O)n(CC(=O)Nc2ccc(C)cc2)c1=O. The van der Waals surface area contributed by atoms with Gasteiger partial charge in [0, 0.05) is 25.9 Å². The van der Waals surface area contributed by atoms with Crippen molar-refractivity contribution < 1.29 is 9.53 Å². The molecule has 1 saturated heterocycles. The molecule has 2 heterocycles. The van der Waals surface area contributed by atoms with E-state index in [9.17, 15) is 14.4 Å². The third kappa shape index (κ3) is 4.73. The number of hydrogen-bond acceptors (Lipinski definition) is 6. The van der Waals surface area contributed by atoms with Crippen molar-refractivity contribution in [2.45, 2.75) is 39.3 Å². The summed E-state index contributed by atoms with van der Waals surface area (Å²) >= 11 is 0. The van der Waals surface area contributed by atoms with Gasteiger partial charge in [-0.15, -0.1) is 0 Å². The van der Waals surface area contributed by atoms with Gasteiger partial charge in [-0.2, -0.15) is 0 Å². The van der Waals surface area contributed by atoms with Crippen LogP contribution in [-0.2, 0) is 22.6 Å². The first-order chi connectivity index (χ1) is 14.4. The molecule has 3 rings (SSSR count). The van der Waals surface area contributed by atoms with Crippen molar-refractivity contribution >= 4 is 23.1 Å². The maximum atomic E-state index is 13.2. The minimum Gasteiger partial charge on any atom is -0.383 e. The molecule has 9 nitrogen and oxygen atoms in total. The summed E-state index contributed by atoms with van der Waals surface area (Å²) in [5, 5.41) is 2.73. The highest BCUT2D eigenvalue weighted by Crippen LogP contribution is 2.21. The van der Waals surface area contributed by atoms with Crippen molar-refractivity contribution in [1.29, 1.82) is 0 Å². The summed E-state index contributed by atoms with van der Waals surface area (Å²) in [6.45, 7) is 3.40. The van der Waals surface area contributed by atoms with E-state index in [2.05, 4.69) is 5.32 Å². The molecule has 0 spiro atoms. The summed E-state index contributed by atoms with van der Waals surface area (Å²) in [5.74, 6) is -0.329. The topological polar surface area (TPSA) is 112 Å². The Morgan fingerprint density at radius 1 is 1.10 bits per heavy atom. The van der Waals surface area contributed by atoms with Crippen LogP contribution < -0.4 is 27.2 Å². The standard InChI is InChI=1S/C21H29N5O4/c1-15-6-8-16(9-7-15)23-17(27)14-26-20(28)18(24-10-4-3-5-11-24)19(22)25(21(26)29)12-13-30-2/h6-9H,3-5,10-14,22H2,1-2H3,(H,23,27). The molecular formula is C21H29N5O4. The van der Waals surface area contributed by atoms with E-state index in [1.807, 2.05) is 24.0 Å². The number of aryl methyl sites for hydroxylation is 1. The largest absolute Gasteiger partial charge is 0.383 e. The number of piperidine rings is 1. The zero-order chi connectivity index (χ0) is 21.7. The number of nitrogen functional groups attached to an aromatic ring is 1. The molecule has 0 aliphatic carbocycles. The number of benzene rings is 1. The Hall–Kier alpha value is -3.07. The maximum Gasteiger partial charge on any atom is 0.333 e. The highest BCUT2D eigenvalue weighted by atomic mass is 16.5. The van der Waals surface area contributed by atoms with Crippen LogP contribution in [0.4, 0.5) is 17.2 Å². The smallest absolute Gasteiger partial charge is 0.333 e. The Bertz CT molecular complexity index is 1000. The number of nitrogens with two attached hydrogens (primary N) is 1. The summed E-state index contributed by atoms with van der Waals surface area (Å²) < 4.78 is 7.36. The molecule has 3 N–H and O–H groups in total. The number of rotatable bonds is 7. The van der Waals surface area contributed by atoms with Crippen molar-refractivity contribution in [2.24, 2.45) is 0 Å². The van der Waals surface area contributed by atoms with Crippen molar-refractivity contribution in [3.63, 3.8) is 0 Å². The fraction of sp³-hybridized carbons (Fsp3) is 0.476. The number of amides is 1. The van der Waals surface area contributed by atoms with Crippen LogP contribution in [0.2, 0.25) is 0 Å². The summed E-state index contributed by atoms with van der Waals surface area (Å²) in [7, 11) is 1.53. The lowest BCUT2D eigenvalue weighted by molar-refractivity contribution is -0.116. The lowest BCUT2D eigenvalue weighted by Crippen LogP contribution is -2.47. The van der Waals surface area contributed by atoms with Crippen LogP contribution in [0.25, 0.3) is 0 Å². The Morgan fingerprint density at radius 3 is 2.40 bits per heavy atom. The Morgan fingerprint density at radius 2 is 1.77 bits per heavy atom. The van der Waals surface area contributed by atoms with Gasteiger partial charge in [-0.3, -0.25) is 14.2 Å². The van der Waals surface area contributed by atoms with E-state index < -0.39 is 17.2 Å². The van der Waals surface area contributed by atoms with Gasteiger partial charge in [0.1, 0.15) is 18.1 Å². The molecule has 1 aliphatic rings. The van der Waals surface area contributed by atoms with E-state index in [1.54, 1.807) is 12.1 Å². The number of nitrogens with one attached hydrogen (secondary N) is 1. The van der Waals surface area contributed by atoms with E-state index in [4.69, 9.17) is 10.5 Å². The molecule has 162 valence electrons. The van der Waals surface area contributed by atoms with Gasteiger partial charge in [0.05, 0.1) is 13.2 Å². The summed E-state index contributed by atoms with van der Waals surface area (Å²) in [5.41, 5.74) is 7.05. The van der Waals surface area contributed by atoms with Crippen molar-refractivity contribution in [3.8, 4) is 0 Å². The van der Waals surface area contributed by atoms with Crippen LogP contribution in [0, 0.1) is 6.92 Å². The molecule has 0 atom stereocenters. The Balaban J connectivity index is 1.97. The highest BCUT2D eigenvalue weighted by molar-refractivity contribution is 5.90. The number of anilines is 3. The molecule has 1 aliphatic heterocycles. The van der Waals surface area contributed by atoms with E-state index >= 15 is 0 Å². The summed E-state index contributed by atoms with van der Waals surface area (Å²) in [6, 6.07) is 7.29. The van der Waals surface area contributed by atoms with Crippen LogP contribution in [0.1, 0.15) is 24.8 Å². The molecule has 0 radical (unpaired) electrons. The highest BCUT2D eigenvalue weighted by Gasteiger charge is 2.24. The van der Waals surface area contributed by atoms with Crippen LogP contribution >= 0.6 is 0 Å². The van der Waals surface area contributed by atoms with Crippen LogP contribution in [0.5, 0.6) is 0 Å². The first-order valence-corrected chi connectivity index (χ1v) is 10.2. The van der Waals surface area contributed by atoms with Crippen molar-refractivity contribution in [1.82, 2.24) is 9.13 Å². The first-order valence-electron chi connectivity index (χ1n) is 10.2. The second-order valence-electron chi connectivity index (χ2n) is 7.51. The molecule has 0 bridgehead atoms. The van der Waals surface area contributed by atoms with E-state index in [-0.39, 0.29) is 31.2 Å². The molecule has 1 aromatic carbocycles. The van der Waals surface area contributed by atoms with Crippen LogP contribution in [-0.4, -0.2) is 41.8 Å². The third-order valence-electron chi connectivity index (χ3n) is 5.27. The van der Waals surface area contributed by atoms with Crippen LogP contribution in [0.3, 0.4) is 0 Å². The number of nitrogens with zero attached hydrogens (tertiary/aromatic N) is 3. The predicted molar refractivity (Wildman–Crippen MR) is 117 cm³/mol. The first kappa shape index (κ1) is 21.6. The van der Waals surface area contributed by atoms with Gasteiger partial charge in [-0.05, 0) is 38.3 Å². The fourth-order valence-corrected chi connectivity index (χ4v) is 3.63. The van der Waals surface area contributed by atoms with E-state index in [0.717, 1.165) is 29.4 Å². The maximum absolute atomic E-state index is 13.2. The van der Waals surface area contributed by atoms with Gasteiger partial charge >= 0.3 is 5.69 Å². The second-order valence-corrected chi connectivity index (χ2v) is 7.51. The molecule has 1 fully saturated rings. The molecular weight excluding hydrogens is 386 g/mol. The minimum atomic E-state index is -0.616. The van der Waals surface area contributed by atoms with Crippen LogP contribution in [0.15, 0.2) is 33.9 Å². The lowest BCUT2D eigenvalue weighted by atomic mass is 10.1. The monoisotopic (exact) mass is 415 g/mol. The molecule has 30 heavy (non-hydrogen) atoms. The van der Waals surface area contributed by atoms with Crippen molar-refractivity contribution in [3.05, 3.63) is 50.7 Å². The molecule has 1 aromatic heterocycles. The lowest BCUT2D eigenvalue weighted by Gasteiger charge is -2.30. The van der Waals surface area contributed by atoms with E-state index in [1.165, 1.54) is 11.7 Å². The minimum absolute atomic E-state index is 0.124. The van der Waals surface area contributed by atoms with Gasteiger partial charge in [0.25, 0.3) is 5.56 Å². The number of methoxy groups -OCH3 is 1. The molecule has 0 saturated carbocycles. The molecule has 9 heteroatoms. The molecule has 2 aromatic rings. The third-order valence-corrected chi connectivity index (χ3v) is 5.27. The van der Waals surface area contributed by atoms with Gasteiger partial charge < -0.3 is 20.7 Å². The average Bonchev–Trinajstić information content (AvgIpc) is 2.74. The van der Waals surface area contributed by atoms with Crippen molar-refractivity contribution in [2.75, 3.05) is 42.8 Å². The number of carbonyl (C=O) groups excluding carboxylic acids is 1. The number of hydrogen-bond donors (Lipinski definition) is 2. The Labute approximate surface area is 175 Å². The Kier molecular flexibility index (Phi) is 6.94. The summed E-state index contributed by atoms with van der Waals surface area (Å²) in [6.07, 6.45) is 2.99. The van der Waals surface area contributed by atoms with Gasteiger partial charge in [0.15, 0.2) is 0 Å². The van der Waals surface area contributed by atoms with E-state index in [0.29, 0.717) is 18.8 Å². The normalized spacial score (nSPS) is 14.0. The fourth-order valence-electron chi connectivity index (χ4n) is 3.63. The molecule has 0 unspecified atom stereocenters.